The molecule has 1 fully saturated rings. The van der Waals surface area contributed by atoms with Gasteiger partial charge in [0.05, 0.1) is 13.2 Å². The van der Waals surface area contributed by atoms with Gasteiger partial charge in [0.25, 0.3) is 0 Å². The lowest BCUT2D eigenvalue weighted by molar-refractivity contribution is -0.0655. The van der Waals surface area contributed by atoms with Crippen LogP contribution in [0, 0.1) is 0 Å². The fraction of sp³-hybridized carbons (Fsp3) is 0.667. The number of amides is 1. The highest BCUT2D eigenvalue weighted by Crippen LogP contribution is 2.14. The fourth-order valence-electron chi connectivity index (χ4n) is 2.08. The van der Waals surface area contributed by atoms with E-state index in [-0.39, 0.29) is 12.2 Å². The summed E-state index contributed by atoms with van der Waals surface area (Å²) in [5.74, 6) is 0.637. The highest BCUT2D eigenvalue weighted by molar-refractivity contribution is 5.68. The second-order valence-electron chi connectivity index (χ2n) is 6.40. The van der Waals surface area contributed by atoms with Gasteiger partial charge in [-0.2, -0.15) is 0 Å². The number of morpholine rings is 1. The van der Waals surface area contributed by atoms with E-state index in [2.05, 4.69) is 10.9 Å². The molecule has 7 nitrogen and oxygen atoms in total. The Morgan fingerprint density at radius 1 is 1.50 bits per heavy atom. The number of carbonyl (C=O) groups is 1. The summed E-state index contributed by atoms with van der Waals surface area (Å²) in [6.07, 6.45) is 3.26. The predicted molar refractivity (Wildman–Crippen MR) is 81.6 cm³/mol. The Kier molecular flexibility index (Phi) is 5.18. The van der Waals surface area contributed by atoms with Crippen LogP contribution < -0.4 is 10.9 Å². The topological polar surface area (TPSA) is 72.1 Å². The standard InChI is InChI=1S/C15H25N3O4/c1-11-7-13(17-16-8-11)21-10-12-9-18(5-6-20-12)14(19)22-15(2,3)4/h7-8,12,16-17H,5-6,9-10H2,1-4H3. The van der Waals surface area contributed by atoms with Crippen LogP contribution in [-0.4, -0.2) is 49.0 Å². The van der Waals surface area contributed by atoms with Gasteiger partial charge in [0, 0.05) is 18.8 Å². The zero-order chi connectivity index (χ0) is 16.2. The number of ether oxygens (including phenoxy) is 3. The maximum absolute atomic E-state index is 12.1. The molecule has 0 aromatic rings. The largest absolute Gasteiger partial charge is 0.475 e. The molecule has 0 aromatic heterocycles. The molecule has 0 aliphatic carbocycles. The van der Waals surface area contributed by atoms with E-state index in [1.165, 1.54) is 0 Å². The van der Waals surface area contributed by atoms with Crippen molar-refractivity contribution in [1.29, 1.82) is 0 Å². The maximum atomic E-state index is 12.1. The molecule has 2 aliphatic rings. The van der Waals surface area contributed by atoms with Gasteiger partial charge in [0.2, 0.25) is 5.88 Å². The van der Waals surface area contributed by atoms with Crippen LogP contribution in [0.2, 0.25) is 0 Å². The van der Waals surface area contributed by atoms with Gasteiger partial charge in [-0.05, 0) is 33.3 Å². The first-order valence-electron chi connectivity index (χ1n) is 7.46. The first kappa shape index (κ1) is 16.5. The van der Waals surface area contributed by atoms with Crippen molar-refractivity contribution < 1.29 is 19.0 Å². The van der Waals surface area contributed by atoms with Crippen molar-refractivity contribution in [3.05, 3.63) is 23.7 Å². The molecule has 2 N–H and O–H groups in total. The Labute approximate surface area is 131 Å². The number of hydrogen-bond donors (Lipinski definition) is 2. The minimum Gasteiger partial charge on any atom is -0.475 e. The van der Waals surface area contributed by atoms with Gasteiger partial charge in [-0.3, -0.25) is 5.43 Å². The van der Waals surface area contributed by atoms with E-state index < -0.39 is 5.60 Å². The highest BCUT2D eigenvalue weighted by atomic mass is 16.6. The number of carbonyl (C=O) groups excluding carboxylic acids is 1. The lowest BCUT2D eigenvalue weighted by Gasteiger charge is -2.34. The monoisotopic (exact) mass is 311 g/mol. The summed E-state index contributed by atoms with van der Waals surface area (Å²) >= 11 is 0. The molecule has 124 valence electrons. The van der Waals surface area contributed by atoms with E-state index in [9.17, 15) is 4.79 Å². The van der Waals surface area contributed by atoms with Crippen LogP contribution in [0.4, 0.5) is 4.79 Å². The predicted octanol–water partition coefficient (Wildman–Crippen LogP) is 1.49. The van der Waals surface area contributed by atoms with Crippen molar-refractivity contribution in [3.63, 3.8) is 0 Å². The number of allylic oxidation sites excluding steroid dienone is 2. The van der Waals surface area contributed by atoms with E-state index in [0.717, 1.165) is 5.57 Å². The third-order valence-electron chi connectivity index (χ3n) is 3.07. The summed E-state index contributed by atoms with van der Waals surface area (Å²) in [5.41, 5.74) is 6.37. The van der Waals surface area contributed by atoms with Crippen LogP contribution >= 0.6 is 0 Å². The van der Waals surface area contributed by atoms with Crippen molar-refractivity contribution in [2.45, 2.75) is 39.4 Å². The average Bonchev–Trinajstić information content (AvgIpc) is 2.44. The SMILES string of the molecule is CC1=CNNC(OCC2CN(C(=O)OC(C)(C)C)CCO2)=C1. The molecule has 0 radical (unpaired) electrons. The summed E-state index contributed by atoms with van der Waals surface area (Å²) in [7, 11) is 0. The second-order valence-corrected chi connectivity index (χ2v) is 6.40. The van der Waals surface area contributed by atoms with E-state index in [1.807, 2.05) is 40.0 Å². The Morgan fingerprint density at radius 2 is 2.27 bits per heavy atom. The van der Waals surface area contributed by atoms with Crippen LogP contribution in [0.5, 0.6) is 0 Å². The zero-order valence-corrected chi connectivity index (χ0v) is 13.6. The van der Waals surface area contributed by atoms with Crippen LogP contribution in [0.3, 0.4) is 0 Å². The smallest absolute Gasteiger partial charge is 0.410 e. The molecule has 0 aromatic carbocycles. The molecule has 1 saturated heterocycles. The molecule has 0 saturated carbocycles. The Morgan fingerprint density at radius 3 is 2.95 bits per heavy atom. The van der Waals surface area contributed by atoms with E-state index in [4.69, 9.17) is 14.2 Å². The molecule has 2 heterocycles. The Balaban J connectivity index is 1.81. The van der Waals surface area contributed by atoms with E-state index in [1.54, 1.807) is 4.90 Å². The van der Waals surface area contributed by atoms with Crippen molar-refractivity contribution >= 4 is 6.09 Å². The lowest BCUT2D eigenvalue weighted by Crippen LogP contribution is -2.49. The fourth-order valence-corrected chi connectivity index (χ4v) is 2.08. The average molecular weight is 311 g/mol. The van der Waals surface area contributed by atoms with Crippen LogP contribution in [0.1, 0.15) is 27.7 Å². The molecule has 2 rings (SSSR count). The van der Waals surface area contributed by atoms with Gasteiger partial charge in [0.1, 0.15) is 18.3 Å². The molecule has 1 unspecified atom stereocenters. The van der Waals surface area contributed by atoms with Gasteiger partial charge in [0.15, 0.2) is 0 Å². The first-order chi connectivity index (χ1) is 10.3. The minimum atomic E-state index is -0.492. The first-order valence-corrected chi connectivity index (χ1v) is 7.46. The van der Waals surface area contributed by atoms with Crippen LogP contribution in [-0.2, 0) is 14.2 Å². The van der Waals surface area contributed by atoms with Crippen LogP contribution in [0.15, 0.2) is 23.7 Å². The summed E-state index contributed by atoms with van der Waals surface area (Å²) in [4.78, 5) is 13.7. The van der Waals surface area contributed by atoms with Gasteiger partial charge in [-0.15, -0.1) is 0 Å². The number of hydrogen-bond acceptors (Lipinski definition) is 6. The van der Waals surface area contributed by atoms with Crippen molar-refractivity contribution in [1.82, 2.24) is 15.8 Å². The zero-order valence-electron chi connectivity index (χ0n) is 13.6. The van der Waals surface area contributed by atoms with Crippen molar-refractivity contribution in [3.8, 4) is 0 Å². The lowest BCUT2D eigenvalue weighted by atomic mass is 10.2. The maximum Gasteiger partial charge on any atom is 0.410 e. The Bertz CT molecular complexity index is 468. The van der Waals surface area contributed by atoms with Gasteiger partial charge in [-0.25, -0.2) is 4.79 Å². The summed E-state index contributed by atoms with van der Waals surface area (Å²) in [6.45, 7) is 9.39. The van der Waals surface area contributed by atoms with Gasteiger partial charge in [-0.1, -0.05) is 0 Å². The summed E-state index contributed by atoms with van der Waals surface area (Å²) in [5, 5.41) is 0. The summed E-state index contributed by atoms with van der Waals surface area (Å²) < 4.78 is 16.7. The quantitative estimate of drug-likeness (QED) is 0.823. The third-order valence-corrected chi connectivity index (χ3v) is 3.07. The molecule has 0 spiro atoms. The Hall–Kier alpha value is -1.89. The highest BCUT2D eigenvalue weighted by Gasteiger charge is 2.28. The second kappa shape index (κ2) is 6.91. The normalized spacial score (nSPS) is 22.0. The van der Waals surface area contributed by atoms with Crippen molar-refractivity contribution in [2.75, 3.05) is 26.3 Å². The molecule has 7 heteroatoms. The minimum absolute atomic E-state index is 0.171. The molecule has 2 aliphatic heterocycles. The molecular weight excluding hydrogens is 286 g/mol. The molecule has 22 heavy (non-hydrogen) atoms. The molecule has 1 amide bonds. The number of nitrogens with one attached hydrogen (secondary N) is 2. The molecular formula is C15H25N3O4. The van der Waals surface area contributed by atoms with E-state index >= 15 is 0 Å². The van der Waals surface area contributed by atoms with Gasteiger partial charge < -0.3 is 24.5 Å². The van der Waals surface area contributed by atoms with Crippen molar-refractivity contribution in [2.24, 2.45) is 0 Å². The molecule has 0 bridgehead atoms. The number of hydrazine groups is 1. The van der Waals surface area contributed by atoms with Crippen LogP contribution in [0.25, 0.3) is 0 Å². The van der Waals surface area contributed by atoms with Gasteiger partial charge >= 0.3 is 6.09 Å². The third kappa shape index (κ3) is 5.14. The summed E-state index contributed by atoms with van der Waals surface area (Å²) in [6, 6.07) is 0. The number of nitrogens with zero attached hydrogens (tertiary/aromatic N) is 1. The van der Waals surface area contributed by atoms with E-state index in [0.29, 0.717) is 32.2 Å². The molecule has 1 atom stereocenters. The number of rotatable bonds is 3.